The highest BCUT2D eigenvalue weighted by molar-refractivity contribution is 6.12. The van der Waals surface area contributed by atoms with Crippen LogP contribution in [0.2, 0.25) is 0 Å². The predicted octanol–water partition coefficient (Wildman–Crippen LogP) is 2.49. The van der Waals surface area contributed by atoms with Gasteiger partial charge < -0.3 is 89.3 Å². The van der Waals surface area contributed by atoms with E-state index in [0.29, 0.717) is 20.9 Å². The molecule has 8 rings (SSSR count). The number of hydrogen-bond donors (Lipinski definition) is 13. The number of hydrogen-bond acceptors (Lipinski definition) is 19. The van der Waals surface area contributed by atoms with Crippen LogP contribution in [0.4, 0.5) is 28.9 Å². The number of fused-ring (bicyclic) bond motifs is 2. The number of carbonyl (C=O) groups excluding carboxylic acids is 12. The molecule has 122 heavy (non-hydrogen) atoms. The van der Waals surface area contributed by atoms with Crippen molar-refractivity contribution in [2.24, 2.45) is 21.5 Å². The van der Waals surface area contributed by atoms with E-state index in [2.05, 4.69) is 73.1 Å². The Balaban J connectivity index is 0.867. The minimum absolute atomic E-state index is 0.00514. The Hall–Kier alpha value is -14.0. The van der Waals surface area contributed by atoms with Crippen molar-refractivity contribution in [3.63, 3.8) is 0 Å². The molecule has 6 aromatic rings. The van der Waals surface area contributed by atoms with Crippen LogP contribution >= 0.6 is 0 Å². The van der Waals surface area contributed by atoms with Crippen molar-refractivity contribution in [2.75, 3.05) is 84.6 Å². The Bertz CT molecular complexity index is 4950. The second kappa shape index (κ2) is 44.7. The van der Waals surface area contributed by atoms with E-state index in [9.17, 15) is 95.5 Å². The van der Waals surface area contributed by atoms with E-state index in [1.807, 2.05) is 0 Å². The average molecular weight is 1690 g/mol. The Morgan fingerprint density at radius 1 is 0.492 bits per heavy atom. The van der Waals surface area contributed by atoms with Crippen LogP contribution in [0.15, 0.2) is 132 Å². The number of aromatic nitrogens is 2. The predicted molar refractivity (Wildman–Crippen MR) is 438 cm³/mol. The Labute approximate surface area is 699 Å². The summed E-state index contributed by atoms with van der Waals surface area (Å²) >= 11 is 0. The van der Waals surface area contributed by atoms with E-state index in [0.717, 1.165) is 0 Å². The fourth-order valence-electron chi connectivity index (χ4n) is 13.3. The summed E-state index contributed by atoms with van der Waals surface area (Å²) in [5.41, 5.74) is 13.8. The molecule has 40 heteroatoms. The maximum absolute atomic E-state index is 14.5. The number of nitriles is 2. The van der Waals surface area contributed by atoms with Crippen molar-refractivity contribution in [2.45, 2.75) is 150 Å². The van der Waals surface area contributed by atoms with Crippen molar-refractivity contribution < 1.29 is 85.0 Å². The molecule has 0 saturated carbocycles. The second-order valence-electron chi connectivity index (χ2n) is 29.5. The van der Waals surface area contributed by atoms with Crippen LogP contribution in [0.3, 0.4) is 0 Å². The number of unbranched alkanes of at least 4 members (excludes halogenated alkanes) is 1. The summed E-state index contributed by atoms with van der Waals surface area (Å²) in [6.45, 7) is -3.19. The summed E-state index contributed by atoms with van der Waals surface area (Å²) in [6.07, 6.45) is -0.793. The van der Waals surface area contributed by atoms with Gasteiger partial charge in [0.05, 0.1) is 71.9 Å². The maximum atomic E-state index is 14.5. The van der Waals surface area contributed by atoms with Crippen molar-refractivity contribution in [1.29, 1.82) is 10.5 Å². The third-order valence-corrected chi connectivity index (χ3v) is 19.8. The molecule has 15 N–H and O–H groups in total. The molecule has 4 heterocycles. The number of halogens is 4. The summed E-state index contributed by atoms with van der Waals surface area (Å²) < 4.78 is 56.2. The molecule has 2 fully saturated rings. The van der Waals surface area contributed by atoms with Gasteiger partial charge in [-0.1, -0.05) is 84.9 Å². The number of para-hydroxylation sites is 2. The number of carboxylic acid groups (broad SMARTS) is 1. The smallest absolute Gasteiger partial charge is 0.326 e. The monoisotopic (exact) mass is 1690 g/mol. The van der Waals surface area contributed by atoms with Gasteiger partial charge in [-0.25, -0.2) is 22.4 Å². The SMILES string of the molecule is CN(C)C(N)=NCCC[C@H](NC(=O)CCC(=O)Nc1cccc2c(C(=O)NCC(=O)N3CC(F)(F)C[C@H]3C#N)ccnc12)C(=O)N[C@@H](Cc1ccccc1)C(=O)NCCCC[C@@H](NC(=O)[C@H](Cc1ccccc1)NC(=O)[C@H](CCCN=C(N)N(C)C)NC(=O)CCC(=O)Nc1cccc2c(C(=O)NCC(=O)N3CC(F)(F)C[C@H]3C#N)ccnc12)C(=O)O. The van der Waals surface area contributed by atoms with E-state index in [1.54, 1.807) is 111 Å². The first-order valence-electron chi connectivity index (χ1n) is 39.2. The third kappa shape index (κ3) is 28.1. The summed E-state index contributed by atoms with van der Waals surface area (Å²) in [7, 11) is 6.69. The number of benzene rings is 4. The maximum Gasteiger partial charge on any atom is 0.326 e. The zero-order chi connectivity index (χ0) is 88.8. The van der Waals surface area contributed by atoms with E-state index in [-0.39, 0.29) is 134 Å². The summed E-state index contributed by atoms with van der Waals surface area (Å²) in [6, 6.07) is 22.5. The highest BCUT2D eigenvalue weighted by atomic mass is 19.3. The number of aliphatic carboxylic acids is 1. The molecule has 0 bridgehead atoms. The first-order chi connectivity index (χ1) is 58.1. The number of carbonyl (C=O) groups is 13. The van der Waals surface area contributed by atoms with Crippen LogP contribution in [0.25, 0.3) is 21.8 Å². The molecule has 648 valence electrons. The van der Waals surface area contributed by atoms with Crippen molar-refractivity contribution in [3.8, 4) is 12.1 Å². The lowest BCUT2D eigenvalue weighted by Crippen LogP contribution is -2.56. The minimum atomic E-state index is -3.27. The number of amides is 12. The minimum Gasteiger partial charge on any atom is -0.480 e. The number of pyridine rings is 2. The van der Waals surface area contributed by atoms with Gasteiger partial charge in [0.2, 0.25) is 59.1 Å². The number of nitrogens with two attached hydrogens (primary N) is 2. The molecule has 0 aliphatic carbocycles. The van der Waals surface area contributed by atoms with Gasteiger partial charge in [0.25, 0.3) is 23.7 Å². The molecule has 0 spiro atoms. The van der Waals surface area contributed by atoms with E-state index < -0.39 is 196 Å². The van der Waals surface area contributed by atoms with Crippen LogP contribution in [0, 0.1) is 22.7 Å². The quantitative estimate of drug-likeness (QED) is 0.0113. The molecule has 12 amide bonds. The van der Waals surface area contributed by atoms with Gasteiger partial charge in [0.1, 0.15) is 42.3 Å². The zero-order valence-corrected chi connectivity index (χ0v) is 67.5. The number of alkyl halides is 4. The molecule has 2 aromatic heterocycles. The Morgan fingerprint density at radius 2 is 0.877 bits per heavy atom. The number of nitrogens with zero attached hydrogens (tertiary/aromatic N) is 10. The van der Waals surface area contributed by atoms with Crippen LogP contribution in [0.5, 0.6) is 0 Å². The van der Waals surface area contributed by atoms with Gasteiger partial charge in [-0.05, 0) is 80.3 Å². The third-order valence-electron chi connectivity index (χ3n) is 19.8. The van der Waals surface area contributed by atoms with E-state index in [1.165, 1.54) is 60.9 Å². The summed E-state index contributed by atoms with van der Waals surface area (Å²) in [5.74, 6) is -17.0. The topological polar surface area (TPSA) is 526 Å². The largest absolute Gasteiger partial charge is 0.480 e. The van der Waals surface area contributed by atoms with Crippen LogP contribution in [-0.2, 0) is 65.6 Å². The molecule has 0 unspecified atom stereocenters. The standard InChI is InChI=1S/C82H98F4N22O14/c1-105(2)79(89)94-35-15-26-59(100-66(111)30-28-64(109)98-57-24-13-21-53-55(32-37-91-70(53)57)72(115)96-45-68(113)107-47-81(83,84)41-51(107)43-87)75(118)103-62(39-49-17-7-5-8-18-49)74(117)93-34-12-11-23-61(78(121)122)102-77(120)63(40-50-19-9-6-10-20-50)104-76(119)60(27-16-36-95-80(90)106(3)4)101-67(112)31-29-65(110)99-58-25-14-22-54-56(33-38-92-71(54)58)73(116)97-46-69(114)108-48-82(85,86)42-52(108)44-88/h5-10,13-14,17-22,24-25,32-33,37-38,51-52,59-63H,11-12,15-16,23,26-31,34-36,39-42,45-48H2,1-4H3,(H2,89,94)(H2,90,95)(H,93,117)(H,96,115)(H,97,116)(H,98,109)(H,99,110)(H,100,111)(H,101,112)(H,102,120)(H,103,118)(H,104,119)(H,121,122)/t51-,52-,59-,60-,61+,62-,63-/m0/s1. The number of aliphatic imine (C=N–C) groups is 2. The molecule has 2 aliphatic rings. The second-order valence-corrected chi connectivity index (χ2v) is 29.5. The van der Waals surface area contributed by atoms with Gasteiger partial charge in [0.15, 0.2) is 11.9 Å². The fourth-order valence-corrected chi connectivity index (χ4v) is 13.3. The van der Waals surface area contributed by atoms with Crippen LogP contribution in [-0.4, -0.2) is 252 Å². The molecule has 36 nitrogen and oxygen atoms in total. The van der Waals surface area contributed by atoms with Crippen molar-refractivity contribution >= 4 is 122 Å². The summed E-state index contributed by atoms with van der Waals surface area (Å²) in [5, 5.41) is 55.9. The lowest BCUT2D eigenvalue weighted by Gasteiger charge is -2.25. The Kier molecular flexibility index (Phi) is 34.3. The number of guanidine groups is 2. The number of carboxylic acids is 1. The molecular formula is C82H98F4N22O14. The molecule has 7 atom stereocenters. The highest BCUT2D eigenvalue weighted by Crippen LogP contribution is 2.34. The van der Waals surface area contributed by atoms with Gasteiger partial charge in [0, 0.05) is 122 Å². The number of likely N-dealkylation sites (tertiary alicyclic amines) is 2. The van der Waals surface area contributed by atoms with E-state index >= 15 is 0 Å². The molecule has 0 radical (unpaired) electrons. The van der Waals surface area contributed by atoms with Gasteiger partial charge in [-0.3, -0.25) is 77.5 Å². The van der Waals surface area contributed by atoms with Gasteiger partial charge in [-0.15, -0.1) is 0 Å². The average Bonchev–Trinajstić information content (AvgIpc) is 1.39. The number of rotatable bonds is 41. The molecule has 2 saturated heterocycles. The first kappa shape index (κ1) is 93.5. The van der Waals surface area contributed by atoms with Crippen LogP contribution in [0.1, 0.15) is 115 Å². The molecule has 2 aliphatic heterocycles. The lowest BCUT2D eigenvalue weighted by molar-refractivity contribution is -0.142. The first-order valence-corrected chi connectivity index (χ1v) is 39.2. The lowest BCUT2D eigenvalue weighted by atomic mass is 10.0. The number of anilines is 2. The molecule has 4 aromatic carbocycles. The normalized spacial score (nSPS) is 15.9. The zero-order valence-electron chi connectivity index (χ0n) is 67.5. The fraction of sp³-hybridized carbons (Fsp3) is 0.427. The van der Waals surface area contributed by atoms with E-state index in [4.69, 9.17) is 11.5 Å². The van der Waals surface area contributed by atoms with Crippen molar-refractivity contribution in [1.82, 2.24) is 72.1 Å². The number of nitrogens with one attached hydrogen (secondary N) is 10. The van der Waals surface area contributed by atoms with Crippen LogP contribution < -0.4 is 64.6 Å². The summed E-state index contributed by atoms with van der Waals surface area (Å²) in [4.78, 5) is 199. The Morgan fingerprint density at radius 3 is 1.28 bits per heavy atom. The highest BCUT2D eigenvalue weighted by Gasteiger charge is 2.48. The molecular weight excluding hydrogens is 1590 g/mol. The van der Waals surface area contributed by atoms with Crippen molar-refractivity contribution in [3.05, 3.63) is 144 Å². The van der Waals surface area contributed by atoms with Gasteiger partial charge in [-0.2, -0.15) is 10.5 Å². The van der Waals surface area contributed by atoms with Gasteiger partial charge >= 0.3 is 5.97 Å².